The first-order valence-corrected chi connectivity index (χ1v) is 10.3. The van der Waals surface area contributed by atoms with Crippen LogP contribution in [0.1, 0.15) is 47.8 Å². The van der Waals surface area contributed by atoms with Gasteiger partial charge in [0.15, 0.2) is 15.5 Å². The Morgan fingerprint density at radius 3 is 2.54 bits per heavy atom. The van der Waals surface area contributed by atoms with Gasteiger partial charge >= 0.3 is 5.97 Å². The minimum absolute atomic E-state index is 0.00788. The Labute approximate surface area is 151 Å². The first-order valence-electron chi connectivity index (χ1n) is 8.70. The lowest BCUT2D eigenvalue weighted by Gasteiger charge is -2.29. The number of rotatable bonds is 3. The summed E-state index contributed by atoms with van der Waals surface area (Å²) in [4.78, 5) is 11.9. The van der Waals surface area contributed by atoms with Crippen LogP contribution in [0.3, 0.4) is 0 Å². The molecule has 4 rings (SSSR count). The van der Waals surface area contributed by atoms with Crippen LogP contribution in [0.2, 0.25) is 0 Å². The van der Waals surface area contributed by atoms with Gasteiger partial charge in [-0.25, -0.2) is 13.2 Å². The molecule has 26 heavy (non-hydrogen) atoms. The van der Waals surface area contributed by atoms with Crippen molar-refractivity contribution in [3.63, 3.8) is 0 Å². The second-order valence-electron chi connectivity index (χ2n) is 7.04. The minimum atomic E-state index is -3.59. The third-order valence-electron chi connectivity index (χ3n) is 5.44. The first-order chi connectivity index (χ1) is 12.4. The Morgan fingerprint density at radius 2 is 1.88 bits per heavy atom. The number of carboxylic acid groups (broad SMARTS) is 1. The van der Waals surface area contributed by atoms with Crippen LogP contribution in [0.4, 0.5) is 0 Å². The maximum Gasteiger partial charge on any atom is 0.356 e. The molecule has 0 saturated heterocycles. The lowest BCUT2D eigenvalue weighted by molar-refractivity contribution is 0.0687. The summed E-state index contributed by atoms with van der Waals surface area (Å²) in [6.07, 6.45) is 3.26. The van der Waals surface area contributed by atoms with Crippen LogP contribution in [0.5, 0.6) is 0 Å². The molecule has 0 unspecified atom stereocenters. The van der Waals surface area contributed by atoms with Crippen molar-refractivity contribution >= 4 is 15.8 Å². The van der Waals surface area contributed by atoms with Crippen molar-refractivity contribution < 1.29 is 23.4 Å². The van der Waals surface area contributed by atoms with E-state index in [0.29, 0.717) is 11.3 Å². The molecule has 1 aliphatic carbocycles. The van der Waals surface area contributed by atoms with Crippen LogP contribution in [0.15, 0.2) is 29.2 Å². The number of aromatic carboxylic acids is 1. The quantitative estimate of drug-likeness (QED) is 0.850. The zero-order valence-corrected chi connectivity index (χ0v) is 14.9. The highest BCUT2D eigenvalue weighted by atomic mass is 32.2. The van der Waals surface area contributed by atoms with Crippen LogP contribution in [-0.2, 0) is 15.6 Å². The summed E-state index contributed by atoms with van der Waals surface area (Å²) in [6.45, 7) is 0.158. The molecule has 7 nitrogen and oxygen atoms in total. The zero-order valence-electron chi connectivity index (χ0n) is 14.1. The Kier molecular flexibility index (Phi) is 4.11. The van der Waals surface area contributed by atoms with Crippen molar-refractivity contribution in [2.24, 2.45) is 5.92 Å². The van der Waals surface area contributed by atoms with Gasteiger partial charge in [-0.1, -0.05) is 18.2 Å². The summed E-state index contributed by atoms with van der Waals surface area (Å²) in [5.41, 5.74) is 1.24. The number of sulfone groups is 1. The number of fused-ring (bicyclic) bond motifs is 3. The molecule has 0 spiro atoms. The summed E-state index contributed by atoms with van der Waals surface area (Å²) >= 11 is 0. The highest BCUT2D eigenvalue weighted by Crippen LogP contribution is 2.43. The van der Waals surface area contributed by atoms with Gasteiger partial charge in [0.1, 0.15) is 0 Å². The number of carboxylic acids is 1. The van der Waals surface area contributed by atoms with E-state index in [0.717, 1.165) is 25.7 Å². The number of aromatic nitrogens is 2. The summed E-state index contributed by atoms with van der Waals surface area (Å²) in [5.74, 6) is -1.28. The van der Waals surface area contributed by atoms with Crippen molar-refractivity contribution in [1.82, 2.24) is 9.78 Å². The Hall–Kier alpha value is -2.19. The van der Waals surface area contributed by atoms with Crippen molar-refractivity contribution in [3.8, 4) is 11.3 Å². The number of aliphatic hydroxyl groups excluding tert-OH is 1. The van der Waals surface area contributed by atoms with Crippen LogP contribution >= 0.6 is 0 Å². The SMILES string of the molecule is O=C(O)c1nn(C2CCC(CO)CC2)c2c1CS(=O)(=O)c1ccccc1-2. The van der Waals surface area contributed by atoms with Gasteiger partial charge in [-0.2, -0.15) is 5.10 Å². The standard InChI is InChI=1S/C18H20N2O5S/c21-9-11-5-7-12(8-6-11)20-17-13-3-1-2-4-15(13)26(24,25)10-14(17)16(19-20)18(22)23/h1-4,11-12,21H,5-10H2,(H,22,23). The van der Waals surface area contributed by atoms with Crippen LogP contribution < -0.4 is 0 Å². The minimum Gasteiger partial charge on any atom is -0.476 e. The fourth-order valence-corrected chi connectivity index (χ4v) is 5.70. The molecule has 0 bridgehead atoms. The van der Waals surface area contributed by atoms with E-state index < -0.39 is 15.8 Å². The molecule has 138 valence electrons. The van der Waals surface area contributed by atoms with E-state index in [1.807, 2.05) is 0 Å². The van der Waals surface area contributed by atoms with Gasteiger partial charge in [0.25, 0.3) is 0 Å². The van der Waals surface area contributed by atoms with E-state index in [1.54, 1.807) is 28.9 Å². The maximum atomic E-state index is 12.6. The van der Waals surface area contributed by atoms with Gasteiger partial charge in [0.05, 0.1) is 22.4 Å². The summed E-state index contributed by atoms with van der Waals surface area (Å²) < 4.78 is 27.0. The third-order valence-corrected chi connectivity index (χ3v) is 7.14. The topological polar surface area (TPSA) is 109 Å². The van der Waals surface area contributed by atoms with Crippen molar-refractivity contribution in [2.75, 3.05) is 6.61 Å². The molecule has 2 N–H and O–H groups in total. The summed E-state index contributed by atoms with van der Waals surface area (Å²) in [6, 6.07) is 6.71. The van der Waals surface area contributed by atoms with Crippen molar-refractivity contribution in [2.45, 2.75) is 42.4 Å². The third kappa shape index (κ3) is 2.64. The maximum absolute atomic E-state index is 12.6. The molecular weight excluding hydrogens is 356 g/mol. The van der Waals surface area contributed by atoms with Gasteiger partial charge in [-0.3, -0.25) is 4.68 Å². The van der Waals surface area contributed by atoms with E-state index >= 15 is 0 Å². The molecule has 1 fully saturated rings. The van der Waals surface area contributed by atoms with E-state index in [4.69, 9.17) is 0 Å². The molecule has 2 heterocycles. The molecule has 0 radical (unpaired) electrons. The van der Waals surface area contributed by atoms with Gasteiger partial charge < -0.3 is 10.2 Å². The van der Waals surface area contributed by atoms with Crippen molar-refractivity contribution in [1.29, 1.82) is 0 Å². The number of aliphatic hydroxyl groups is 1. The van der Waals surface area contributed by atoms with Crippen LogP contribution in [0, 0.1) is 5.92 Å². The zero-order chi connectivity index (χ0) is 18.5. The number of benzene rings is 1. The van der Waals surface area contributed by atoms with Gasteiger partial charge in [0, 0.05) is 17.7 Å². The molecule has 1 aromatic heterocycles. The molecule has 1 aromatic carbocycles. The molecular formula is C18H20N2O5S. The average Bonchev–Trinajstić information content (AvgIpc) is 3.01. The highest BCUT2D eigenvalue weighted by molar-refractivity contribution is 7.90. The first kappa shape index (κ1) is 17.2. The normalized spacial score (nSPS) is 23.9. The van der Waals surface area contributed by atoms with E-state index in [2.05, 4.69) is 5.10 Å². The molecule has 8 heteroatoms. The monoisotopic (exact) mass is 376 g/mol. The highest BCUT2D eigenvalue weighted by Gasteiger charge is 2.37. The largest absolute Gasteiger partial charge is 0.476 e. The van der Waals surface area contributed by atoms with Crippen LogP contribution in [-0.4, -0.2) is 41.0 Å². The van der Waals surface area contributed by atoms with E-state index in [-0.39, 0.29) is 40.5 Å². The molecule has 2 aliphatic rings. The fourth-order valence-electron chi connectivity index (χ4n) is 4.10. The predicted molar refractivity (Wildman–Crippen MR) is 93.6 cm³/mol. The van der Waals surface area contributed by atoms with E-state index in [9.17, 15) is 23.4 Å². The number of nitrogens with zero attached hydrogens (tertiary/aromatic N) is 2. The second kappa shape index (κ2) is 6.21. The number of carbonyl (C=O) groups is 1. The summed E-state index contributed by atoms with van der Waals surface area (Å²) in [5, 5.41) is 23.2. The molecule has 2 aromatic rings. The molecule has 0 amide bonds. The second-order valence-corrected chi connectivity index (χ2v) is 9.00. The van der Waals surface area contributed by atoms with Crippen LogP contribution in [0.25, 0.3) is 11.3 Å². The fraction of sp³-hybridized carbons (Fsp3) is 0.444. The lowest BCUT2D eigenvalue weighted by atomic mass is 9.86. The molecule has 1 aliphatic heterocycles. The molecule has 0 atom stereocenters. The molecule has 1 saturated carbocycles. The predicted octanol–water partition coefficient (Wildman–Crippen LogP) is 2.26. The van der Waals surface area contributed by atoms with Gasteiger partial charge in [-0.15, -0.1) is 0 Å². The Balaban J connectivity index is 1.88. The number of hydrogen-bond acceptors (Lipinski definition) is 5. The average molecular weight is 376 g/mol. The summed E-state index contributed by atoms with van der Waals surface area (Å²) in [7, 11) is -3.59. The smallest absolute Gasteiger partial charge is 0.356 e. The van der Waals surface area contributed by atoms with Gasteiger partial charge in [-0.05, 0) is 37.7 Å². The Morgan fingerprint density at radius 1 is 1.19 bits per heavy atom. The van der Waals surface area contributed by atoms with E-state index in [1.165, 1.54) is 0 Å². The Bertz CT molecular complexity index is 971. The van der Waals surface area contributed by atoms with Crippen molar-refractivity contribution in [3.05, 3.63) is 35.5 Å². The van der Waals surface area contributed by atoms with Gasteiger partial charge in [0.2, 0.25) is 0 Å². The lowest BCUT2D eigenvalue weighted by Crippen LogP contribution is -2.22. The number of hydrogen-bond donors (Lipinski definition) is 2.